The van der Waals surface area contributed by atoms with Crippen LogP contribution in [0.4, 0.5) is 9.59 Å². The number of hydrogen-bond acceptors (Lipinski definition) is 4. The van der Waals surface area contributed by atoms with Crippen molar-refractivity contribution in [2.24, 2.45) is 0 Å². The summed E-state index contributed by atoms with van der Waals surface area (Å²) in [5, 5.41) is 3.23. The van der Waals surface area contributed by atoms with E-state index in [1.165, 1.54) is 11.1 Å². The maximum absolute atomic E-state index is 14.2. The standard InChI is InChI=1S/C58H54N6O4/c1-33-25-35(3)51(36(4)26-33)53-43-17-21-47(59-43)55(63-41(31-67-57(63)65)29-39-13-9-7-10-14-39)49-23-19-45(61-49)54(52-37(5)27-34(2)28-38(52)6)46-20-24-50(62-46)56(48-22-18-44(53)60-48)64-42(32-68-58(64)66)30-40-15-11-8-12-16-40/h7-28,41-42,59-62H,29-32H2,1-6H3. The Hall–Kier alpha value is -7.98. The molecule has 2 atom stereocenters. The van der Waals surface area contributed by atoms with Crippen LogP contribution in [0.3, 0.4) is 0 Å². The van der Waals surface area contributed by atoms with Gasteiger partial charge in [0.2, 0.25) is 0 Å². The third kappa shape index (κ3) is 7.55. The molecule has 10 nitrogen and oxygen atoms in total. The molecule has 4 aromatic carbocycles. The average molecular weight is 899 g/mol. The first-order valence-corrected chi connectivity index (χ1v) is 23.4. The summed E-state index contributed by atoms with van der Waals surface area (Å²) in [4.78, 5) is 47.5. The fraction of sp³-hybridized carbons (Fsp3) is 0.207. The molecular formula is C58H54N6O4. The number of fused-ring (bicyclic) bond motifs is 8. The highest BCUT2D eigenvalue weighted by Crippen LogP contribution is 2.34. The van der Waals surface area contributed by atoms with E-state index in [0.717, 1.165) is 99.8 Å². The molecule has 7 heterocycles. The number of benzene rings is 4. The minimum absolute atomic E-state index is 0.253. The number of nitrogens with one attached hydrogen (secondary N) is 4. The minimum Gasteiger partial charge on any atom is -0.447 e. The monoisotopic (exact) mass is 898 g/mol. The van der Waals surface area contributed by atoms with E-state index < -0.39 is 12.2 Å². The van der Waals surface area contributed by atoms with Gasteiger partial charge >= 0.3 is 12.2 Å². The van der Waals surface area contributed by atoms with Crippen molar-refractivity contribution in [1.82, 2.24) is 29.7 Å². The molecule has 340 valence electrons. The topological polar surface area (TPSA) is 122 Å². The predicted molar refractivity (Wildman–Crippen MR) is 265 cm³/mol. The van der Waals surface area contributed by atoms with Crippen LogP contribution in [-0.4, -0.2) is 67.2 Å². The van der Waals surface area contributed by atoms with Gasteiger partial charge in [-0.15, -0.1) is 0 Å². The molecule has 11 rings (SSSR count). The summed E-state index contributed by atoms with van der Waals surface area (Å²) in [5.74, 6) is 0. The third-order valence-corrected chi connectivity index (χ3v) is 13.7. The molecule has 2 unspecified atom stereocenters. The highest BCUT2D eigenvalue weighted by Gasteiger charge is 2.39. The summed E-state index contributed by atoms with van der Waals surface area (Å²) >= 11 is 0. The Morgan fingerprint density at radius 2 is 0.794 bits per heavy atom. The number of aromatic amines is 4. The van der Waals surface area contributed by atoms with Crippen LogP contribution in [-0.2, 0) is 22.3 Å². The SMILES string of the molecule is Cc1cc(C)c(C2=c3ccc([nH]3)=C(N3C(=O)OCC3Cc3ccccc3)c3ccc([nH]3)C(c3c(C)cc(C)cc3C)=c3ccc([nH]3)=C(N3C(=O)OCC3Cc3ccccc3)c3ccc2[nH]3)c(C)c1. The molecule has 10 heteroatoms. The second kappa shape index (κ2) is 17.0. The summed E-state index contributed by atoms with van der Waals surface area (Å²) < 4.78 is 11.8. The number of ether oxygens (including phenoxy) is 2. The van der Waals surface area contributed by atoms with Crippen molar-refractivity contribution in [3.8, 4) is 0 Å². The van der Waals surface area contributed by atoms with Crippen LogP contribution in [0.2, 0.25) is 0 Å². The van der Waals surface area contributed by atoms with Crippen LogP contribution >= 0.6 is 0 Å². The molecule has 0 aliphatic carbocycles. The Morgan fingerprint density at radius 3 is 1.18 bits per heavy atom. The quantitative estimate of drug-likeness (QED) is 0.123. The Bertz CT molecular complexity index is 3270. The number of nitrogens with zero attached hydrogens (tertiary/aromatic N) is 2. The highest BCUT2D eigenvalue weighted by atomic mass is 16.6. The van der Waals surface area contributed by atoms with E-state index >= 15 is 0 Å². The zero-order valence-electron chi connectivity index (χ0n) is 39.2. The largest absolute Gasteiger partial charge is 0.447 e. The molecule has 2 saturated heterocycles. The van der Waals surface area contributed by atoms with E-state index in [4.69, 9.17) is 9.47 Å². The molecule has 2 amide bonds. The lowest BCUT2D eigenvalue weighted by atomic mass is 9.92. The van der Waals surface area contributed by atoms with Crippen molar-refractivity contribution in [3.63, 3.8) is 0 Å². The van der Waals surface area contributed by atoms with Crippen LogP contribution in [0.15, 0.2) is 133 Å². The first-order valence-electron chi connectivity index (χ1n) is 23.4. The lowest BCUT2D eigenvalue weighted by Crippen LogP contribution is -2.38. The molecule has 4 N–H and O–H groups in total. The molecule has 2 fully saturated rings. The van der Waals surface area contributed by atoms with Gasteiger partial charge in [0.15, 0.2) is 0 Å². The van der Waals surface area contributed by atoms with Gasteiger partial charge in [0.05, 0.1) is 45.6 Å². The summed E-state index contributed by atoms with van der Waals surface area (Å²) in [5.41, 5.74) is 17.8. The van der Waals surface area contributed by atoms with Gasteiger partial charge in [-0.25, -0.2) is 9.59 Å². The maximum Gasteiger partial charge on any atom is 0.414 e. The van der Waals surface area contributed by atoms with Gasteiger partial charge in [0.1, 0.15) is 13.2 Å². The first-order chi connectivity index (χ1) is 33.0. The number of cyclic esters (lactones) is 2. The van der Waals surface area contributed by atoms with Crippen LogP contribution in [0.1, 0.15) is 78.4 Å². The van der Waals surface area contributed by atoms with E-state index in [0.29, 0.717) is 24.2 Å². The molecule has 3 aliphatic heterocycles. The fourth-order valence-corrected chi connectivity index (χ4v) is 11.0. The lowest BCUT2D eigenvalue weighted by Gasteiger charge is -2.24. The molecule has 0 saturated carbocycles. The van der Waals surface area contributed by atoms with E-state index in [1.54, 1.807) is 0 Å². The van der Waals surface area contributed by atoms with Crippen molar-refractivity contribution in [3.05, 3.63) is 233 Å². The van der Waals surface area contributed by atoms with Gasteiger partial charge in [-0.2, -0.15) is 0 Å². The van der Waals surface area contributed by atoms with E-state index in [1.807, 2.05) is 46.2 Å². The number of carbonyl (C=O) groups excluding carboxylic acids is 2. The summed E-state index contributed by atoms with van der Waals surface area (Å²) in [6, 6.07) is 45.5. The van der Waals surface area contributed by atoms with Gasteiger partial charge in [-0.1, -0.05) is 96.1 Å². The zero-order valence-corrected chi connectivity index (χ0v) is 39.2. The van der Waals surface area contributed by atoms with Crippen LogP contribution in [0.25, 0.3) is 22.5 Å². The highest BCUT2D eigenvalue weighted by molar-refractivity contribution is 5.88. The maximum atomic E-state index is 14.2. The van der Waals surface area contributed by atoms with Gasteiger partial charge in [-0.3, -0.25) is 9.80 Å². The van der Waals surface area contributed by atoms with Crippen LogP contribution < -0.4 is 21.4 Å². The molecule has 4 aromatic heterocycles. The molecule has 3 aliphatic rings. The van der Waals surface area contributed by atoms with Crippen molar-refractivity contribution >= 4 is 34.7 Å². The molecule has 0 radical (unpaired) electrons. The van der Waals surface area contributed by atoms with Gasteiger partial charge in [0, 0.05) is 33.2 Å². The normalized spacial score (nSPS) is 17.1. The number of H-pyrrole nitrogens is 4. The molecule has 8 aromatic rings. The molecular weight excluding hydrogens is 845 g/mol. The molecule has 68 heavy (non-hydrogen) atoms. The van der Waals surface area contributed by atoms with Crippen molar-refractivity contribution in [1.29, 1.82) is 0 Å². The van der Waals surface area contributed by atoms with E-state index in [2.05, 4.69) is 159 Å². The van der Waals surface area contributed by atoms with Crippen molar-refractivity contribution < 1.29 is 19.1 Å². The van der Waals surface area contributed by atoms with Crippen molar-refractivity contribution in [2.45, 2.75) is 66.5 Å². The van der Waals surface area contributed by atoms with E-state index in [-0.39, 0.29) is 25.3 Å². The average Bonchev–Trinajstić information content (AvgIpc) is 4.19. The minimum atomic E-state index is -0.399. The Balaban J connectivity index is 1.24. The Labute approximate surface area is 395 Å². The van der Waals surface area contributed by atoms with Crippen molar-refractivity contribution in [2.75, 3.05) is 13.2 Å². The summed E-state index contributed by atoms with van der Waals surface area (Å²) in [6.07, 6.45) is 0.426. The lowest BCUT2D eigenvalue weighted by molar-refractivity contribution is 0.166. The Morgan fingerprint density at radius 1 is 0.441 bits per heavy atom. The first kappa shape index (κ1) is 42.6. The van der Waals surface area contributed by atoms with Crippen LogP contribution in [0.5, 0.6) is 0 Å². The third-order valence-electron chi connectivity index (χ3n) is 13.7. The number of rotatable bonds is 8. The van der Waals surface area contributed by atoms with Gasteiger partial charge in [-0.05, 0) is 147 Å². The predicted octanol–water partition coefficient (Wildman–Crippen LogP) is 8.10. The number of aryl methyl sites for hydroxylation is 6. The van der Waals surface area contributed by atoms with Gasteiger partial charge < -0.3 is 29.4 Å². The number of carbonyl (C=O) groups is 2. The molecule has 0 spiro atoms. The number of aromatic nitrogens is 4. The second-order valence-electron chi connectivity index (χ2n) is 18.7. The summed E-state index contributed by atoms with van der Waals surface area (Å²) in [6.45, 7) is 13.4. The van der Waals surface area contributed by atoms with Crippen LogP contribution in [0, 0.1) is 41.5 Å². The molecule has 8 bridgehead atoms. The zero-order chi connectivity index (χ0) is 46.8. The summed E-state index contributed by atoms with van der Waals surface area (Å²) in [7, 11) is 0. The Kier molecular flexibility index (Phi) is 10.7. The number of amides is 2. The second-order valence-corrected chi connectivity index (χ2v) is 18.7. The fourth-order valence-electron chi connectivity index (χ4n) is 11.0. The number of hydrogen-bond donors (Lipinski definition) is 4. The smallest absolute Gasteiger partial charge is 0.414 e. The van der Waals surface area contributed by atoms with E-state index in [9.17, 15) is 9.59 Å². The van der Waals surface area contributed by atoms with Gasteiger partial charge in [0.25, 0.3) is 0 Å².